The van der Waals surface area contributed by atoms with Crippen molar-refractivity contribution in [3.63, 3.8) is 0 Å². The molecule has 0 aliphatic rings. The number of hydrogen-bond donors (Lipinski definition) is 1. The number of aliphatic hydroxyl groups is 1. The number of benzene rings is 2. The molecule has 30 heavy (non-hydrogen) atoms. The predicted molar refractivity (Wildman–Crippen MR) is 120 cm³/mol. The molecule has 0 spiro atoms. The van der Waals surface area contributed by atoms with Gasteiger partial charge in [-0.1, -0.05) is 61.9 Å². The maximum atomic E-state index is 13.0. The van der Waals surface area contributed by atoms with Crippen LogP contribution >= 0.6 is 0 Å². The lowest BCUT2D eigenvalue weighted by Gasteiger charge is -2.16. The second-order valence-corrected chi connectivity index (χ2v) is 8.27. The third-order valence-electron chi connectivity index (χ3n) is 5.63. The molecule has 5 nitrogen and oxygen atoms in total. The Morgan fingerprint density at radius 3 is 2.40 bits per heavy atom. The molecular weight excluding hydrogens is 374 g/mol. The summed E-state index contributed by atoms with van der Waals surface area (Å²) < 4.78 is 3.15. The van der Waals surface area contributed by atoms with Gasteiger partial charge in [-0.2, -0.15) is 5.10 Å². The number of aromatic nitrogens is 3. The van der Waals surface area contributed by atoms with Crippen molar-refractivity contribution < 1.29 is 5.11 Å². The molecule has 0 fully saturated rings. The Bertz CT molecular complexity index is 1250. The van der Waals surface area contributed by atoms with Crippen LogP contribution in [0.15, 0.2) is 65.7 Å². The molecular formula is C25H27N3O2. The smallest absolute Gasteiger partial charge is 0.276 e. The molecule has 0 saturated heterocycles. The molecule has 4 rings (SSSR count). The van der Waals surface area contributed by atoms with Gasteiger partial charge in [0.25, 0.3) is 5.56 Å². The highest BCUT2D eigenvalue weighted by Gasteiger charge is 2.15. The topological polar surface area (TPSA) is 59.5 Å². The van der Waals surface area contributed by atoms with E-state index in [2.05, 4.69) is 31.1 Å². The molecule has 1 unspecified atom stereocenters. The van der Waals surface area contributed by atoms with Crippen molar-refractivity contribution in [2.24, 2.45) is 0 Å². The van der Waals surface area contributed by atoms with E-state index < -0.39 is 6.10 Å². The van der Waals surface area contributed by atoms with Gasteiger partial charge in [-0.3, -0.25) is 4.79 Å². The van der Waals surface area contributed by atoms with Gasteiger partial charge in [0, 0.05) is 18.0 Å². The molecule has 0 aliphatic carbocycles. The van der Waals surface area contributed by atoms with Crippen molar-refractivity contribution in [1.29, 1.82) is 0 Å². The summed E-state index contributed by atoms with van der Waals surface area (Å²) in [5.74, 6) is 0.468. The van der Waals surface area contributed by atoms with E-state index >= 15 is 0 Å². The Kier molecular flexibility index (Phi) is 5.31. The first-order valence-corrected chi connectivity index (χ1v) is 10.3. The maximum absolute atomic E-state index is 13.0. The Hall–Kier alpha value is -3.18. The Morgan fingerprint density at radius 2 is 1.73 bits per heavy atom. The first kappa shape index (κ1) is 20.1. The van der Waals surface area contributed by atoms with E-state index in [0.29, 0.717) is 11.4 Å². The number of aliphatic hydroxyl groups excluding tert-OH is 1. The van der Waals surface area contributed by atoms with Crippen LogP contribution in [-0.4, -0.2) is 19.3 Å². The van der Waals surface area contributed by atoms with Crippen molar-refractivity contribution in [3.05, 3.63) is 93.5 Å². The Morgan fingerprint density at radius 1 is 1.00 bits per heavy atom. The number of rotatable bonds is 5. The van der Waals surface area contributed by atoms with Crippen LogP contribution < -0.4 is 5.56 Å². The highest BCUT2D eigenvalue weighted by Crippen LogP contribution is 2.23. The van der Waals surface area contributed by atoms with Crippen LogP contribution in [0, 0.1) is 13.8 Å². The van der Waals surface area contributed by atoms with E-state index in [-0.39, 0.29) is 12.1 Å². The second-order valence-electron chi connectivity index (χ2n) is 8.27. The van der Waals surface area contributed by atoms with Crippen LogP contribution in [0.2, 0.25) is 0 Å². The Balaban J connectivity index is 1.65. The molecule has 0 aliphatic heterocycles. The van der Waals surface area contributed by atoms with E-state index in [9.17, 15) is 9.90 Å². The maximum Gasteiger partial charge on any atom is 0.276 e. The fraction of sp³-hybridized carbons (Fsp3) is 0.280. The van der Waals surface area contributed by atoms with E-state index in [4.69, 9.17) is 0 Å². The molecule has 1 N–H and O–H groups in total. The van der Waals surface area contributed by atoms with Crippen LogP contribution in [0.25, 0.3) is 16.8 Å². The molecule has 2 aromatic heterocycles. The van der Waals surface area contributed by atoms with E-state index in [0.717, 1.165) is 27.9 Å². The minimum Gasteiger partial charge on any atom is -0.387 e. The first-order chi connectivity index (χ1) is 14.3. The second kappa shape index (κ2) is 7.92. The minimum atomic E-state index is -0.753. The lowest BCUT2D eigenvalue weighted by atomic mass is 10.0. The highest BCUT2D eigenvalue weighted by molar-refractivity contribution is 5.65. The van der Waals surface area contributed by atoms with Crippen molar-refractivity contribution in [1.82, 2.24) is 14.2 Å². The van der Waals surface area contributed by atoms with Crippen molar-refractivity contribution in [2.75, 3.05) is 0 Å². The quantitative estimate of drug-likeness (QED) is 0.530. The van der Waals surface area contributed by atoms with Crippen LogP contribution in [-0.2, 0) is 6.54 Å². The SMILES string of the molecule is Cc1ccc(C(O)Cn2ccn3nc(-c4ccc(C(C)C)cc4)cc3c2=O)c(C)c1. The van der Waals surface area contributed by atoms with Gasteiger partial charge in [-0.25, -0.2) is 4.52 Å². The summed E-state index contributed by atoms with van der Waals surface area (Å²) in [5.41, 5.74) is 6.34. The fourth-order valence-electron chi connectivity index (χ4n) is 3.83. The summed E-state index contributed by atoms with van der Waals surface area (Å²) in [6.45, 7) is 8.52. The van der Waals surface area contributed by atoms with Crippen LogP contribution in [0.5, 0.6) is 0 Å². The standard InChI is InChI=1S/C25H27N3O2/c1-16(2)19-6-8-20(9-7-19)22-14-23-25(30)27(11-12-28(23)26-22)15-24(29)21-10-5-17(3)13-18(21)4/h5-14,16,24,29H,15H2,1-4H3. The minimum absolute atomic E-state index is 0.168. The summed E-state index contributed by atoms with van der Waals surface area (Å²) >= 11 is 0. The fourth-order valence-corrected chi connectivity index (χ4v) is 3.83. The molecule has 4 aromatic rings. The van der Waals surface area contributed by atoms with Gasteiger partial charge in [0.05, 0.1) is 18.3 Å². The lowest BCUT2D eigenvalue weighted by molar-refractivity contribution is 0.154. The van der Waals surface area contributed by atoms with Crippen LogP contribution in [0.1, 0.15) is 48.1 Å². The number of aryl methyl sites for hydroxylation is 2. The average Bonchev–Trinajstić information content (AvgIpc) is 3.15. The van der Waals surface area contributed by atoms with Crippen molar-refractivity contribution in [3.8, 4) is 11.3 Å². The van der Waals surface area contributed by atoms with Gasteiger partial charge >= 0.3 is 0 Å². The average molecular weight is 402 g/mol. The van der Waals surface area contributed by atoms with Crippen molar-refractivity contribution >= 4 is 5.52 Å². The van der Waals surface area contributed by atoms with Crippen molar-refractivity contribution in [2.45, 2.75) is 46.3 Å². The van der Waals surface area contributed by atoms with E-state index in [1.165, 1.54) is 5.56 Å². The molecule has 2 heterocycles. The number of fused-ring (bicyclic) bond motifs is 1. The van der Waals surface area contributed by atoms with Gasteiger partial charge in [-0.15, -0.1) is 0 Å². The molecule has 5 heteroatoms. The largest absolute Gasteiger partial charge is 0.387 e. The monoisotopic (exact) mass is 401 g/mol. The molecule has 0 amide bonds. The van der Waals surface area contributed by atoms with Gasteiger partial charge in [-0.05, 0) is 42.5 Å². The normalized spacial score (nSPS) is 12.6. The third-order valence-corrected chi connectivity index (χ3v) is 5.63. The number of hydrogen-bond acceptors (Lipinski definition) is 3. The first-order valence-electron chi connectivity index (χ1n) is 10.3. The summed E-state index contributed by atoms with van der Waals surface area (Å²) in [4.78, 5) is 13.0. The Labute approximate surface area is 176 Å². The molecule has 0 bridgehead atoms. The molecule has 2 aromatic carbocycles. The lowest BCUT2D eigenvalue weighted by Crippen LogP contribution is -2.24. The zero-order chi connectivity index (χ0) is 21.4. The van der Waals surface area contributed by atoms with Gasteiger partial charge in [0.2, 0.25) is 0 Å². The summed E-state index contributed by atoms with van der Waals surface area (Å²) in [6.07, 6.45) is 2.69. The molecule has 0 saturated carbocycles. The highest BCUT2D eigenvalue weighted by atomic mass is 16.3. The van der Waals surface area contributed by atoms with E-state index in [1.54, 1.807) is 21.5 Å². The van der Waals surface area contributed by atoms with Gasteiger partial charge in [0.1, 0.15) is 5.52 Å². The number of nitrogens with zero attached hydrogens (tertiary/aromatic N) is 3. The summed E-state index contributed by atoms with van der Waals surface area (Å²) in [6, 6.07) is 16.0. The third kappa shape index (κ3) is 3.81. The van der Waals surface area contributed by atoms with E-state index in [1.807, 2.05) is 50.2 Å². The van der Waals surface area contributed by atoms with Gasteiger partial charge < -0.3 is 9.67 Å². The molecule has 1 atom stereocenters. The predicted octanol–water partition coefficient (Wildman–Crippen LogP) is 4.64. The summed E-state index contributed by atoms with van der Waals surface area (Å²) in [5, 5.41) is 15.3. The zero-order valence-electron chi connectivity index (χ0n) is 17.8. The van der Waals surface area contributed by atoms with Crippen LogP contribution in [0.3, 0.4) is 0 Å². The molecule has 154 valence electrons. The van der Waals surface area contributed by atoms with Crippen LogP contribution in [0.4, 0.5) is 0 Å². The zero-order valence-corrected chi connectivity index (χ0v) is 17.8. The molecule has 0 radical (unpaired) electrons. The van der Waals surface area contributed by atoms with Gasteiger partial charge in [0.15, 0.2) is 0 Å². The summed E-state index contributed by atoms with van der Waals surface area (Å²) in [7, 11) is 0.